The molecule has 1 saturated heterocycles. The molecule has 8 heteroatoms. The van der Waals surface area contributed by atoms with Crippen molar-refractivity contribution in [1.82, 2.24) is 0 Å². The standard InChI is InChI=1S/C27H22F3NO4/c1-15-7-8-16(2)21(13-15)24(32)22-23(17-9-11-20(35-3)12-10-17)31(26(34)25(22)33)19-6-4-5-18(14-19)27(28,29)30/h4-14,23,32H,1-3H3/b24-22+. The van der Waals surface area contributed by atoms with Crippen LogP contribution in [0.25, 0.3) is 5.76 Å². The summed E-state index contributed by atoms with van der Waals surface area (Å²) in [5, 5.41) is 11.3. The lowest BCUT2D eigenvalue weighted by molar-refractivity contribution is -0.137. The highest BCUT2D eigenvalue weighted by molar-refractivity contribution is 6.51. The molecule has 1 aliphatic rings. The van der Waals surface area contributed by atoms with Crippen molar-refractivity contribution < 1.29 is 32.6 Å². The molecular weight excluding hydrogens is 459 g/mol. The Morgan fingerprint density at radius 2 is 1.66 bits per heavy atom. The van der Waals surface area contributed by atoms with Crippen molar-refractivity contribution in [2.75, 3.05) is 12.0 Å². The Kier molecular flexibility index (Phi) is 6.15. The zero-order valence-corrected chi connectivity index (χ0v) is 19.2. The van der Waals surface area contributed by atoms with Gasteiger partial charge in [-0.25, -0.2) is 0 Å². The monoisotopic (exact) mass is 481 g/mol. The molecule has 5 nitrogen and oxygen atoms in total. The van der Waals surface area contributed by atoms with Gasteiger partial charge in [0.05, 0.1) is 24.3 Å². The number of Topliss-reactive ketones (excluding diaryl/α,β-unsaturated/α-hetero) is 1. The summed E-state index contributed by atoms with van der Waals surface area (Å²) in [7, 11) is 1.48. The molecule has 0 aliphatic carbocycles. The first-order chi connectivity index (χ1) is 16.5. The largest absolute Gasteiger partial charge is 0.507 e. The quantitative estimate of drug-likeness (QED) is 0.284. The fraction of sp³-hybridized carbons (Fsp3) is 0.185. The van der Waals surface area contributed by atoms with Gasteiger partial charge in [0, 0.05) is 11.3 Å². The predicted octanol–water partition coefficient (Wildman–Crippen LogP) is 5.96. The number of nitrogens with zero attached hydrogens (tertiary/aromatic N) is 1. The van der Waals surface area contributed by atoms with Crippen LogP contribution in [0.2, 0.25) is 0 Å². The minimum atomic E-state index is -4.64. The highest BCUT2D eigenvalue weighted by atomic mass is 19.4. The zero-order valence-electron chi connectivity index (χ0n) is 19.2. The van der Waals surface area contributed by atoms with E-state index in [1.807, 2.05) is 13.0 Å². The number of methoxy groups -OCH3 is 1. The molecule has 4 rings (SSSR count). The smallest absolute Gasteiger partial charge is 0.416 e. The summed E-state index contributed by atoms with van der Waals surface area (Å²) >= 11 is 0. The number of benzene rings is 3. The molecule has 0 bridgehead atoms. The number of aryl methyl sites for hydroxylation is 2. The highest BCUT2D eigenvalue weighted by Crippen LogP contribution is 2.44. The lowest BCUT2D eigenvalue weighted by Gasteiger charge is -2.26. The topological polar surface area (TPSA) is 66.8 Å². The van der Waals surface area contributed by atoms with Crippen molar-refractivity contribution in [3.63, 3.8) is 0 Å². The van der Waals surface area contributed by atoms with Gasteiger partial charge in [0.2, 0.25) is 0 Å². The Morgan fingerprint density at radius 1 is 0.971 bits per heavy atom. The first kappa shape index (κ1) is 24.1. The molecule has 35 heavy (non-hydrogen) atoms. The number of aliphatic hydroxyl groups excluding tert-OH is 1. The summed E-state index contributed by atoms with van der Waals surface area (Å²) < 4.78 is 45.4. The van der Waals surface area contributed by atoms with Crippen LogP contribution in [-0.2, 0) is 15.8 Å². The zero-order chi connectivity index (χ0) is 25.5. The average Bonchev–Trinajstić information content (AvgIpc) is 3.10. The van der Waals surface area contributed by atoms with Gasteiger partial charge in [-0.15, -0.1) is 0 Å². The molecule has 180 valence electrons. The van der Waals surface area contributed by atoms with E-state index in [-0.39, 0.29) is 17.0 Å². The van der Waals surface area contributed by atoms with Crippen LogP contribution in [0, 0.1) is 13.8 Å². The van der Waals surface area contributed by atoms with E-state index < -0.39 is 29.5 Å². The molecule has 1 N–H and O–H groups in total. The van der Waals surface area contributed by atoms with E-state index in [4.69, 9.17) is 4.74 Å². The molecule has 1 atom stereocenters. The second kappa shape index (κ2) is 8.94. The Hall–Kier alpha value is -4.07. The van der Waals surface area contributed by atoms with Crippen LogP contribution in [0.4, 0.5) is 18.9 Å². The van der Waals surface area contributed by atoms with Gasteiger partial charge in [-0.2, -0.15) is 13.2 Å². The Morgan fingerprint density at radius 3 is 2.29 bits per heavy atom. The van der Waals surface area contributed by atoms with Crippen molar-refractivity contribution in [2.45, 2.75) is 26.1 Å². The van der Waals surface area contributed by atoms with Crippen molar-refractivity contribution in [1.29, 1.82) is 0 Å². The van der Waals surface area contributed by atoms with E-state index in [1.165, 1.54) is 19.2 Å². The third-order valence-electron chi connectivity index (χ3n) is 5.98. The molecule has 3 aromatic carbocycles. The van der Waals surface area contributed by atoms with E-state index in [2.05, 4.69) is 0 Å². The van der Waals surface area contributed by atoms with E-state index in [0.29, 0.717) is 22.4 Å². The molecule has 1 unspecified atom stereocenters. The fourth-order valence-corrected chi connectivity index (χ4v) is 4.17. The maximum atomic E-state index is 13.4. The summed E-state index contributed by atoms with van der Waals surface area (Å²) in [5.41, 5.74) is 1.02. The summed E-state index contributed by atoms with van der Waals surface area (Å²) in [5.74, 6) is -1.89. The van der Waals surface area contributed by atoms with Gasteiger partial charge in [-0.1, -0.05) is 35.9 Å². The SMILES string of the molecule is COc1ccc(C2/C(=C(\O)c3cc(C)ccc3C)C(=O)C(=O)N2c2cccc(C(F)(F)F)c2)cc1. The van der Waals surface area contributed by atoms with Crippen molar-refractivity contribution in [3.05, 3.63) is 100 Å². The number of aliphatic hydroxyl groups is 1. The third kappa shape index (κ3) is 4.39. The van der Waals surface area contributed by atoms with Crippen LogP contribution in [0.5, 0.6) is 5.75 Å². The second-order valence-electron chi connectivity index (χ2n) is 8.31. The van der Waals surface area contributed by atoms with Crippen LogP contribution in [0.15, 0.2) is 72.3 Å². The van der Waals surface area contributed by atoms with Gasteiger partial charge in [0.1, 0.15) is 11.5 Å². The summed E-state index contributed by atoms with van der Waals surface area (Å²) in [4.78, 5) is 27.4. The van der Waals surface area contributed by atoms with Crippen molar-refractivity contribution in [3.8, 4) is 5.75 Å². The van der Waals surface area contributed by atoms with Gasteiger partial charge >= 0.3 is 6.18 Å². The van der Waals surface area contributed by atoms with E-state index in [0.717, 1.165) is 22.6 Å². The fourth-order valence-electron chi connectivity index (χ4n) is 4.17. The van der Waals surface area contributed by atoms with Gasteiger partial charge in [0.25, 0.3) is 11.7 Å². The third-order valence-corrected chi connectivity index (χ3v) is 5.98. The lowest BCUT2D eigenvalue weighted by atomic mass is 9.93. The number of halogens is 3. The molecule has 1 fully saturated rings. The number of rotatable bonds is 4. The molecule has 0 saturated carbocycles. The molecule has 1 amide bonds. The first-order valence-electron chi connectivity index (χ1n) is 10.7. The number of ketones is 1. The molecule has 3 aromatic rings. The summed E-state index contributed by atoms with van der Waals surface area (Å²) in [6.07, 6.45) is -4.64. The number of anilines is 1. The summed E-state index contributed by atoms with van der Waals surface area (Å²) in [6, 6.07) is 14.8. The molecule has 1 heterocycles. The minimum Gasteiger partial charge on any atom is -0.507 e. The minimum absolute atomic E-state index is 0.109. The number of hydrogen-bond donors (Lipinski definition) is 1. The van der Waals surface area contributed by atoms with E-state index in [1.54, 1.807) is 43.3 Å². The van der Waals surface area contributed by atoms with Gasteiger partial charge in [-0.3, -0.25) is 14.5 Å². The number of carbonyl (C=O) groups is 2. The highest BCUT2D eigenvalue weighted by Gasteiger charge is 2.47. The molecule has 0 spiro atoms. The first-order valence-corrected chi connectivity index (χ1v) is 10.7. The number of carbonyl (C=O) groups excluding carboxylic acids is 2. The Balaban J connectivity index is 1.97. The van der Waals surface area contributed by atoms with Gasteiger partial charge < -0.3 is 9.84 Å². The van der Waals surface area contributed by atoms with Crippen LogP contribution in [0.1, 0.15) is 33.9 Å². The number of ether oxygens (including phenoxy) is 1. The van der Waals surface area contributed by atoms with Crippen LogP contribution in [0.3, 0.4) is 0 Å². The Bertz CT molecular complexity index is 1340. The maximum absolute atomic E-state index is 13.4. The van der Waals surface area contributed by atoms with Crippen LogP contribution in [-0.4, -0.2) is 23.9 Å². The van der Waals surface area contributed by atoms with E-state index >= 15 is 0 Å². The number of amides is 1. The van der Waals surface area contributed by atoms with Crippen molar-refractivity contribution in [2.24, 2.45) is 0 Å². The predicted molar refractivity (Wildman–Crippen MR) is 125 cm³/mol. The number of alkyl halides is 3. The van der Waals surface area contributed by atoms with Crippen LogP contribution >= 0.6 is 0 Å². The number of hydrogen-bond acceptors (Lipinski definition) is 4. The maximum Gasteiger partial charge on any atom is 0.416 e. The second-order valence-corrected chi connectivity index (χ2v) is 8.31. The van der Waals surface area contributed by atoms with Crippen LogP contribution < -0.4 is 9.64 Å². The molecular formula is C27H22F3NO4. The Labute approximate surface area is 200 Å². The lowest BCUT2D eigenvalue weighted by Crippen LogP contribution is -2.29. The van der Waals surface area contributed by atoms with Gasteiger partial charge in [-0.05, 0) is 61.4 Å². The average molecular weight is 481 g/mol. The normalized spacial score (nSPS) is 17.7. The molecule has 0 aromatic heterocycles. The summed E-state index contributed by atoms with van der Waals surface area (Å²) in [6.45, 7) is 3.57. The molecule has 0 radical (unpaired) electrons. The van der Waals surface area contributed by atoms with E-state index in [9.17, 15) is 27.9 Å². The van der Waals surface area contributed by atoms with Crippen molar-refractivity contribution >= 4 is 23.1 Å². The molecule has 1 aliphatic heterocycles. The van der Waals surface area contributed by atoms with Gasteiger partial charge in [0.15, 0.2) is 0 Å².